The van der Waals surface area contributed by atoms with Crippen molar-refractivity contribution in [2.24, 2.45) is 5.92 Å². The summed E-state index contributed by atoms with van der Waals surface area (Å²) in [6.45, 7) is 7.05. The van der Waals surface area contributed by atoms with Gasteiger partial charge >= 0.3 is 5.97 Å². The highest BCUT2D eigenvalue weighted by Crippen LogP contribution is 2.28. The molecule has 23 heavy (non-hydrogen) atoms. The summed E-state index contributed by atoms with van der Waals surface area (Å²) < 4.78 is 16.4. The summed E-state index contributed by atoms with van der Waals surface area (Å²) in [4.78, 5) is 24.4. The van der Waals surface area contributed by atoms with Gasteiger partial charge < -0.3 is 13.9 Å². The van der Waals surface area contributed by atoms with Crippen LogP contribution in [-0.2, 0) is 20.7 Å². The highest BCUT2D eigenvalue weighted by Gasteiger charge is 2.34. The number of methoxy groups -OCH3 is 1. The summed E-state index contributed by atoms with van der Waals surface area (Å²) in [5, 5.41) is 0. The van der Waals surface area contributed by atoms with Crippen LogP contribution in [-0.4, -0.2) is 31.1 Å². The molecule has 0 fully saturated rings. The van der Waals surface area contributed by atoms with E-state index < -0.39 is 12.1 Å². The van der Waals surface area contributed by atoms with Gasteiger partial charge in [0, 0.05) is 26.4 Å². The molecule has 1 aliphatic carbocycles. The van der Waals surface area contributed by atoms with Crippen LogP contribution in [0.2, 0.25) is 0 Å². The van der Waals surface area contributed by atoms with Crippen molar-refractivity contribution in [3.63, 3.8) is 0 Å². The molecule has 1 aromatic rings. The summed E-state index contributed by atoms with van der Waals surface area (Å²) in [5.74, 6) is -0.211. The first-order valence-corrected chi connectivity index (χ1v) is 7.82. The van der Waals surface area contributed by atoms with Crippen LogP contribution in [0.4, 0.5) is 0 Å². The Kier molecular flexibility index (Phi) is 5.42. The molecule has 0 aliphatic heterocycles. The molecule has 1 heterocycles. The van der Waals surface area contributed by atoms with Crippen LogP contribution in [0.15, 0.2) is 22.3 Å². The zero-order chi connectivity index (χ0) is 17.1. The molecule has 5 heteroatoms. The van der Waals surface area contributed by atoms with Gasteiger partial charge in [-0.2, -0.15) is 0 Å². The van der Waals surface area contributed by atoms with Gasteiger partial charge in [0.05, 0.1) is 17.9 Å². The molecule has 0 spiro atoms. The van der Waals surface area contributed by atoms with E-state index in [4.69, 9.17) is 13.9 Å². The van der Waals surface area contributed by atoms with Crippen molar-refractivity contribution >= 4 is 11.8 Å². The van der Waals surface area contributed by atoms with Gasteiger partial charge in [-0.15, -0.1) is 0 Å². The fourth-order valence-corrected chi connectivity index (χ4v) is 3.06. The second kappa shape index (κ2) is 7.13. The SMILES string of the molecule is CO[C@H]1/C=C(\C)Cc2occ(C)c2C(=O)[C@@H](OC(C)=O)[C@H](C)C1. The fourth-order valence-electron chi connectivity index (χ4n) is 3.06. The number of carbonyl (C=O) groups excluding carboxylic acids is 2. The van der Waals surface area contributed by atoms with Crippen molar-refractivity contribution in [3.05, 3.63) is 34.8 Å². The zero-order valence-electron chi connectivity index (χ0n) is 14.3. The third kappa shape index (κ3) is 3.91. The number of carbonyl (C=O) groups is 2. The standard InChI is InChI=1S/C18H24O5/c1-10-6-14(21-5)8-11(2)18(23-13(4)19)17(20)16-12(3)9-22-15(16)7-10/h6,9,11,14,18H,7-8H2,1-5H3/b10-6+/t11-,14+,18+/m1/s1. The molecule has 5 nitrogen and oxygen atoms in total. The lowest BCUT2D eigenvalue weighted by molar-refractivity contribution is -0.146. The van der Waals surface area contributed by atoms with Gasteiger partial charge in [-0.25, -0.2) is 0 Å². The Hall–Kier alpha value is -1.88. The molecule has 0 saturated carbocycles. The number of aryl methyl sites for hydroxylation is 1. The van der Waals surface area contributed by atoms with Gasteiger partial charge in [0.25, 0.3) is 0 Å². The van der Waals surface area contributed by atoms with Gasteiger partial charge in [-0.05, 0) is 25.8 Å². The van der Waals surface area contributed by atoms with Crippen molar-refractivity contribution in [1.82, 2.24) is 0 Å². The number of hydrogen-bond donors (Lipinski definition) is 0. The molecule has 0 saturated heterocycles. The number of Topliss-reactive ketones (excluding diaryl/α,β-unsaturated/α-hetero) is 1. The quantitative estimate of drug-likeness (QED) is 0.618. The maximum absolute atomic E-state index is 13.0. The number of ketones is 1. The largest absolute Gasteiger partial charge is 0.468 e. The molecule has 0 N–H and O–H groups in total. The highest BCUT2D eigenvalue weighted by atomic mass is 16.5. The molecule has 126 valence electrons. The monoisotopic (exact) mass is 320 g/mol. The second-order valence-electron chi connectivity index (χ2n) is 6.29. The van der Waals surface area contributed by atoms with Crippen LogP contribution < -0.4 is 0 Å². The number of ether oxygens (including phenoxy) is 2. The molecule has 0 unspecified atom stereocenters. The molecule has 0 aromatic carbocycles. The maximum atomic E-state index is 13.0. The number of fused-ring (bicyclic) bond motifs is 1. The second-order valence-corrected chi connectivity index (χ2v) is 6.29. The molecule has 0 radical (unpaired) electrons. The minimum Gasteiger partial charge on any atom is -0.468 e. The van der Waals surface area contributed by atoms with E-state index in [1.54, 1.807) is 13.4 Å². The average Bonchev–Trinajstić information content (AvgIpc) is 2.82. The Morgan fingerprint density at radius 2 is 2.04 bits per heavy atom. The smallest absolute Gasteiger partial charge is 0.303 e. The van der Waals surface area contributed by atoms with Crippen LogP contribution >= 0.6 is 0 Å². The number of allylic oxidation sites excluding steroid dienone is 1. The minimum atomic E-state index is -0.827. The van der Waals surface area contributed by atoms with Crippen molar-refractivity contribution in [3.8, 4) is 0 Å². The first-order chi connectivity index (χ1) is 10.8. The van der Waals surface area contributed by atoms with E-state index >= 15 is 0 Å². The zero-order valence-corrected chi connectivity index (χ0v) is 14.3. The Balaban J connectivity index is 2.50. The van der Waals surface area contributed by atoms with E-state index in [2.05, 4.69) is 0 Å². The number of hydrogen-bond acceptors (Lipinski definition) is 5. The fraction of sp³-hybridized carbons (Fsp3) is 0.556. The number of esters is 1. The first-order valence-electron chi connectivity index (χ1n) is 7.82. The lowest BCUT2D eigenvalue weighted by atomic mass is 9.87. The molecular weight excluding hydrogens is 296 g/mol. The summed E-state index contributed by atoms with van der Waals surface area (Å²) in [6.07, 6.45) is 3.80. The van der Waals surface area contributed by atoms with Crippen LogP contribution in [0.3, 0.4) is 0 Å². The van der Waals surface area contributed by atoms with Crippen molar-refractivity contribution in [1.29, 1.82) is 0 Å². The van der Waals surface area contributed by atoms with Crippen molar-refractivity contribution in [2.75, 3.05) is 7.11 Å². The van der Waals surface area contributed by atoms with Gasteiger partial charge in [0.15, 0.2) is 6.10 Å². The summed E-state index contributed by atoms with van der Waals surface area (Å²) in [6, 6.07) is 0. The number of rotatable bonds is 2. The first kappa shape index (κ1) is 17.5. The van der Waals surface area contributed by atoms with E-state index in [-0.39, 0.29) is 17.8 Å². The van der Waals surface area contributed by atoms with E-state index in [1.165, 1.54) is 6.92 Å². The Morgan fingerprint density at radius 3 is 2.65 bits per heavy atom. The molecule has 0 amide bonds. The Bertz CT molecular complexity index is 625. The summed E-state index contributed by atoms with van der Waals surface area (Å²) in [5.41, 5.74) is 2.39. The topological polar surface area (TPSA) is 65.7 Å². The Labute approximate surface area is 136 Å². The van der Waals surface area contributed by atoms with E-state index in [0.717, 1.165) is 11.1 Å². The molecular formula is C18H24O5. The van der Waals surface area contributed by atoms with Gasteiger partial charge in [0.1, 0.15) is 5.76 Å². The summed E-state index contributed by atoms with van der Waals surface area (Å²) >= 11 is 0. The molecule has 2 rings (SSSR count). The highest BCUT2D eigenvalue weighted by molar-refractivity contribution is 6.02. The third-order valence-electron chi connectivity index (χ3n) is 4.18. The van der Waals surface area contributed by atoms with Gasteiger partial charge in [-0.3, -0.25) is 9.59 Å². The van der Waals surface area contributed by atoms with Crippen LogP contribution in [0.25, 0.3) is 0 Å². The van der Waals surface area contributed by atoms with E-state index in [0.29, 0.717) is 24.2 Å². The Morgan fingerprint density at radius 1 is 1.35 bits per heavy atom. The van der Waals surface area contributed by atoms with Crippen molar-refractivity contribution in [2.45, 2.75) is 52.7 Å². The third-order valence-corrected chi connectivity index (χ3v) is 4.18. The van der Waals surface area contributed by atoms with Crippen LogP contribution in [0.1, 0.15) is 48.9 Å². The minimum absolute atomic E-state index is 0.131. The lowest BCUT2D eigenvalue weighted by Crippen LogP contribution is -2.35. The average molecular weight is 320 g/mol. The maximum Gasteiger partial charge on any atom is 0.303 e. The summed E-state index contributed by atoms with van der Waals surface area (Å²) in [7, 11) is 1.64. The van der Waals surface area contributed by atoms with Gasteiger partial charge in [0.2, 0.25) is 5.78 Å². The van der Waals surface area contributed by atoms with Crippen LogP contribution in [0, 0.1) is 12.8 Å². The number of furan rings is 1. The normalized spacial score (nSPS) is 27.8. The van der Waals surface area contributed by atoms with Crippen LogP contribution in [0.5, 0.6) is 0 Å². The molecule has 1 aromatic heterocycles. The predicted molar refractivity (Wildman–Crippen MR) is 85.4 cm³/mol. The van der Waals surface area contributed by atoms with Gasteiger partial charge in [-0.1, -0.05) is 18.6 Å². The van der Waals surface area contributed by atoms with Crippen molar-refractivity contribution < 1.29 is 23.5 Å². The van der Waals surface area contributed by atoms with E-state index in [1.807, 2.05) is 26.8 Å². The molecule has 3 atom stereocenters. The molecule has 1 aliphatic rings. The van der Waals surface area contributed by atoms with E-state index in [9.17, 15) is 9.59 Å². The molecule has 0 bridgehead atoms. The lowest BCUT2D eigenvalue weighted by Gasteiger charge is -2.26. The predicted octanol–water partition coefficient (Wildman–Crippen LogP) is 3.25.